The third-order valence-electron chi connectivity index (χ3n) is 3.37. The topological polar surface area (TPSA) is 55.4 Å². The summed E-state index contributed by atoms with van der Waals surface area (Å²) in [4.78, 5) is 22.1. The van der Waals surface area contributed by atoms with Gasteiger partial charge in [0.2, 0.25) is 0 Å². The van der Waals surface area contributed by atoms with Gasteiger partial charge in [0.15, 0.2) is 29.1 Å². The number of halogens is 4. The molecule has 2 aromatic carbocycles. The maximum atomic E-state index is 13.2. The quantitative estimate of drug-likeness (QED) is 0.192. The van der Waals surface area contributed by atoms with Crippen molar-refractivity contribution in [2.75, 3.05) is 13.7 Å². The molecule has 0 aliphatic rings. The van der Waals surface area contributed by atoms with E-state index in [1.807, 2.05) is 25.2 Å². The van der Waals surface area contributed by atoms with Gasteiger partial charge in [0.05, 0.1) is 12.2 Å². The minimum atomic E-state index is -2.06. The van der Waals surface area contributed by atoms with E-state index in [1.54, 1.807) is 0 Å². The predicted octanol–water partition coefficient (Wildman–Crippen LogP) is 3.95. The smallest absolute Gasteiger partial charge is 0.330 e. The Kier molecular flexibility index (Phi) is 9.59. The first-order valence-corrected chi connectivity index (χ1v) is 8.15. The number of ether oxygens (including phenoxy) is 1. The molecule has 28 heavy (non-hydrogen) atoms. The standard InChI is InChI=1S/C12H8F4O3.C8H11N/c1-2-9(18)19-4-3-8(17)6-5-7(13)11(15)12(16)10(6)14;1-9-7-8-5-3-2-4-6-8/h2,5H,1,3-4H2;2-6,9H,7H2,1H3. The van der Waals surface area contributed by atoms with Crippen molar-refractivity contribution >= 4 is 11.8 Å². The molecule has 0 bridgehead atoms. The molecule has 0 fully saturated rings. The van der Waals surface area contributed by atoms with Gasteiger partial charge in [0.25, 0.3) is 0 Å². The fourth-order valence-corrected chi connectivity index (χ4v) is 2.01. The summed E-state index contributed by atoms with van der Waals surface area (Å²) in [6.45, 7) is 3.65. The number of esters is 1. The van der Waals surface area contributed by atoms with Gasteiger partial charge in [0, 0.05) is 19.0 Å². The van der Waals surface area contributed by atoms with Gasteiger partial charge in [-0.3, -0.25) is 4.79 Å². The Labute approximate surface area is 159 Å². The van der Waals surface area contributed by atoms with Gasteiger partial charge in [0.1, 0.15) is 0 Å². The zero-order valence-electron chi connectivity index (χ0n) is 15.1. The molecule has 0 heterocycles. The second-order valence-electron chi connectivity index (χ2n) is 5.41. The summed E-state index contributed by atoms with van der Waals surface area (Å²) < 4.78 is 56.1. The number of benzene rings is 2. The summed E-state index contributed by atoms with van der Waals surface area (Å²) >= 11 is 0. The number of carbonyl (C=O) groups is 2. The number of hydrogen-bond donors (Lipinski definition) is 1. The van der Waals surface area contributed by atoms with Gasteiger partial charge in [-0.25, -0.2) is 22.4 Å². The lowest BCUT2D eigenvalue weighted by atomic mass is 10.1. The molecule has 8 heteroatoms. The number of hydrogen-bond acceptors (Lipinski definition) is 4. The van der Waals surface area contributed by atoms with E-state index >= 15 is 0 Å². The van der Waals surface area contributed by atoms with Crippen LogP contribution in [0.25, 0.3) is 0 Å². The average molecular weight is 397 g/mol. The second kappa shape index (κ2) is 11.7. The Hall–Kier alpha value is -3.00. The van der Waals surface area contributed by atoms with Crippen LogP contribution in [-0.2, 0) is 16.1 Å². The summed E-state index contributed by atoms with van der Waals surface area (Å²) in [5.41, 5.74) is 0.394. The van der Waals surface area contributed by atoms with Gasteiger partial charge < -0.3 is 10.1 Å². The highest BCUT2D eigenvalue weighted by Crippen LogP contribution is 2.19. The molecular weight excluding hydrogens is 378 g/mol. The summed E-state index contributed by atoms with van der Waals surface area (Å²) in [6.07, 6.45) is 0.350. The maximum absolute atomic E-state index is 13.2. The van der Waals surface area contributed by atoms with Crippen LogP contribution in [0.2, 0.25) is 0 Å². The van der Waals surface area contributed by atoms with Crippen molar-refractivity contribution in [3.8, 4) is 0 Å². The van der Waals surface area contributed by atoms with Crippen LogP contribution in [0, 0.1) is 23.3 Å². The predicted molar refractivity (Wildman–Crippen MR) is 95.6 cm³/mol. The van der Waals surface area contributed by atoms with Crippen molar-refractivity contribution in [2.24, 2.45) is 0 Å². The van der Waals surface area contributed by atoms with Crippen LogP contribution < -0.4 is 5.32 Å². The van der Waals surface area contributed by atoms with Crippen molar-refractivity contribution in [1.29, 1.82) is 0 Å². The van der Waals surface area contributed by atoms with Crippen molar-refractivity contribution in [3.63, 3.8) is 0 Å². The monoisotopic (exact) mass is 397 g/mol. The first-order chi connectivity index (χ1) is 13.3. The number of rotatable bonds is 7. The highest BCUT2D eigenvalue weighted by Gasteiger charge is 2.22. The number of Topliss-reactive ketones (excluding diaryl/α,β-unsaturated/α-hetero) is 1. The summed E-state index contributed by atoms with van der Waals surface area (Å²) in [7, 11) is 1.95. The Bertz CT molecular complexity index is 826. The summed E-state index contributed by atoms with van der Waals surface area (Å²) in [5.74, 6) is -9.33. The Morgan fingerprint density at radius 3 is 2.29 bits per heavy atom. The van der Waals surface area contributed by atoms with Crippen LogP contribution >= 0.6 is 0 Å². The van der Waals surface area contributed by atoms with E-state index < -0.39 is 53.6 Å². The van der Waals surface area contributed by atoms with Crippen LogP contribution in [0.1, 0.15) is 22.3 Å². The molecule has 0 aromatic heterocycles. The zero-order valence-corrected chi connectivity index (χ0v) is 15.1. The Morgan fingerprint density at radius 2 is 1.71 bits per heavy atom. The minimum absolute atomic E-state index is 0.255. The minimum Gasteiger partial charge on any atom is -0.462 e. The Morgan fingerprint density at radius 1 is 1.07 bits per heavy atom. The molecule has 4 nitrogen and oxygen atoms in total. The molecule has 2 aromatic rings. The first-order valence-electron chi connectivity index (χ1n) is 8.15. The van der Waals surface area contributed by atoms with E-state index in [0.29, 0.717) is 0 Å². The normalized spacial score (nSPS) is 9.89. The molecule has 0 spiro atoms. The molecular formula is C20H19F4NO3. The van der Waals surface area contributed by atoms with E-state index in [9.17, 15) is 27.2 Å². The van der Waals surface area contributed by atoms with Gasteiger partial charge in [-0.2, -0.15) is 0 Å². The van der Waals surface area contributed by atoms with E-state index in [4.69, 9.17) is 0 Å². The average Bonchev–Trinajstić information content (AvgIpc) is 2.70. The fourth-order valence-electron chi connectivity index (χ4n) is 2.01. The molecule has 0 unspecified atom stereocenters. The van der Waals surface area contributed by atoms with Crippen LogP contribution in [0.3, 0.4) is 0 Å². The third-order valence-corrected chi connectivity index (χ3v) is 3.37. The van der Waals surface area contributed by atoms with Crippen LogP contribution in [0.4, 0.5) is 17.6 Å². The summed E-state index contributed by atoms with van der Waals surface area (Å²) in [6, 6.07) is 10.6. The molecule has 0 aliphatic carbocycles. The molecule has 0 radical (unpaired) electrons. The largest absolute Gasteiger partial charge is 0.462 e. The third kappa shape index (κ3) is 6.96. The lowest BCUT2D eigenvalue weighted by Crippen LogP contribution is -2.12. The molecule has 1 N–H and O–H groups in total. The van der Waals surface area contributed by atoms with Crippen LogP contribution in [-0.4, -0.2) is 25.4 Å². The van der Waals surface area contributed by atoms with Crippen molar-refractivity contribution < 1.29 is 31.9 Å². The summed E-state index contributed by atoms with van der Waals surface area (Å²) in [5, 5.41) is 3.08. The highest BCUT2D eigenvalue weighted by molar-refractivity contribution is 5.96. The zero-order chi connectivity index (χ0) is 21.1. The molecule has 0 saturated carbocycles. The molecule has 0 atom stereocenters. The highest BCUT2D eigenvalue weighted by atomic mass is 19.2. The van der Waals surface area contributed by atoms with Crippen molar-refractivity contribution in [3.05, 3.63) is 83.4 Å². The number of nitrogens with one attached hydrogen (secondary N) is 1. The van der Waals surface area contributed by atoms with Gasteiger partial charge >= 0.3 is 5.97 Å². The lowest BCUT2D eigenvalue weighted by molar-refractivity contribution is -0.137. The number of carbonyl (C=O) groups excluding carboxylic acids is 2. The maximum Gasteiger partial charge on any atom is 0.330 e. The van der Waals surface area contributed by atoms with Gasteiger partial charge in [-0.15, -0.1) is 0 Å². The van der Waals surface area contributed by atoms with E-state index in [1.165, 1.54) is 5.56 Å². The molecule has 0 amide bonds. The molecule has 150 valence electrons. The van der Waals surface area contributed by atoms with Gasteiger partial charge in [-0.05, 0) is 18.7 Å². The molecule has 0 saturated heterocycles. The molecule has 2 rings (SSSR count). The number of ketones is 1. The van der Waals surface area contributed by atoms with Crippen molar-refractivity contribution in [2.45, 2.75) is 13.0 Å². The van der Waals surface area contributed by atoms with Crippen molar-refractivity contribution in [1.82, 2.24) is 5.32 Å². The SMILES string of the molecule is C=CC(=O)OCCC(=O)c1cc(F)c(F)c(F)c1F.CNCc1ccccc1. The Balaban J connectivity index is 0.000000362. The fraction of sp³-hybridized carbons (Fsp3) is 0.200. The second-order valence-corrected chi connectivity index (χ2v) is 5.41. The molecule has 0 aliphatic heterocycles. The van der Waals surface area contributed by atoms with E-state index in [-0.39, 0.29) is 6.07 Å². The van der Waals surface area contributed by atoms with Gasteiger partial charge in [-0.1, -0.05) is 36.9 Å². The van der Waals surface area contributed by atoms with E-state index in [2.05, 4.69) is 28.8 Å². The lowest BCUT2D eigenvalue weighted by Gasteiger charge is -2.05. The van der Waals surface area contributed by atoms with Crippen LogP contribution in [0.15, 0.2) is 49.1 Å². The first kappa shape index (κ1) is 23.0. The van der Waals surface area contributed by atoms with E-state index in [0.717, 1.165) is 12.6 Å². The van der Waals surface area contributed by atoms with Crippen LogP contribution in [0.5, 0.6) is 0 Å².